The molecule has 2 rings (SSSR count). The predicted octanol–water partition coefficient (Wildman–Crippen LogP) is 3.18. The molecule has 1 N–H and O–H groups in total. The summed E-state index contributed by atoms with van der Waals surface area (Å²) in [6.07, 6.45) is 3.98. The van der Waals surface area contributed by atoms with Crippen LogP contribution in [0.2, 0.25) is 0 Å². The monoisotopic (exact) mass is 279 g/mol. The highest BCUT2D eigenvalue weighted by atomic mass is 16.5. The van der Waals surface area contributed by atoms with Gasteiger partial charge in [0.2, 0.25) is 0 Å². The summed E-state index contributed by atoms with van der Waals surface area (Å²) in [4.78, 5) is 2.49. The van der Waals surface area contributed by atoms with Crippen molar-refractivity contribution in [3.05, 3.63) is 17.5 Å². The summed E-state index contributed by atoms with van der Waals surface area (Å²) in [6.45, 7) is 12.8. The standard InChI is InChI=1S/C16H29N3O/c1-5-6-13-7-8-19(11-13)12-15-9-14(18-20-15)10-17-16(2,3)4/h9,13,17H,5-8,10-12H2,1-4H3. The van der Waals surface area contributed by atoms with Crippen LogP contribution in [0.1, 0.15) is 58.4 Å². The van der Waals surface area contributed by atoms with Gasteiger partial charge in [-0.3, -0.25) is 4.90 Å². The van der Waals surface area contributed by atoms with Crippen molar-refractivity contribution in [2.45, 2.75) is 65.6 Å². The van der Waals surface area contributed by atoms with Crippen LogP contribution < -0.4 is 5.32 Å². The quantitative estimate of drug-likeness (QED) is 0.868. The van der Waals surface area contributed by atoms with E-state index in [2.05, 4.69) is 49.1 Å². The summed E-state index contributed by atoms with van der Waals surface area (Å²) in [5, 5.41) is 7.59. The second-order valence-corrected chi connectivity index (χ2v) is 7.07. The Morgan fingerprint density at radius 2 is 2.25 bits per heavy atom. The van der Waals surface area contributed by atoms with Crippen molar-refractivity contribution in [2.75, 3.05) is 13.1 Å². The van der Waals surface area contributed by atoms with Gasteiger partial charge < -0.3 is 9.84 Å². The van der Waals surface area contributed by atoms with E-state index in [0.717, 1.165) is 30.5 Å². The van der Waals surface area contributed by atoms with Crippen LogP contribution in [0.4, 0.5) is 0 Å². The molecule has 0 aliphatic carbocycles. The number of likely N-dealkylation sites (tertiary alicyclic amines) is 1. The Balaban J connectivity index is 1.78. The molecule has 0 radical (unpaired) electrons. The van der Waals surface area contributed by atoms with Gasteiger partial charge in [-0.25, -0.2) is 0 Å². The highest BCUT2D eigenvalue weighted by Gasteiger charge is 2.22. The molecule has 1 fully saturated rings. The number of rotatable bonds is 6. The maximum Gasteiger partial charge on any atom is 0.151 e. The molecule has 4 heteroatoms. The predicted molar refractivity (Wildman–Crippen MR) is 81.4 cm³/mol. The second kappa shape index (κ2) is 6.72. The minimum atomic E-state index is 0.113. The van der Waals surface area contributed by atoms with Crippen molar-refractivity contribution >= 4 is 0 Å². The van der Waals surface area contributed by atoms with E-state index in [1.165, 1.54) is 32.4 Å². The zero-order chi connectivity index (χ0) is 14.6. The van der Waals surface area contributed by atoms with Gasteiger partial charge in [-0.15, -0.1) is 0 Å². The molecule has 1 unspecified atom stereocenters. The van der Waals surface area contributed by atoms with E-state index in [4.69, 9.17) is 4.52 Å². The summed E-state index contributed by atoms with van der Waals surface area (Å²) in [6, 6.07) is 2.09. The molecule has 1 aromatic rings. The lowest BCUT2D eigenvalue weighted by Gasteiger charge is -2.19. The molecular formula is C16H29N3O. The van der Waals surface area contributed by atoms with Crippen LogP contribution in [0.5, 0.6) is 0 Å². The topological polar surface area (TPSA) is 41.3 Å². The molecule has 114 valence electrons. The zero-order valence-electron chi connectivity index (χ0n) is 13.4. The Hall–Kier alpha value is -0.870. The van der Waals surface area contributed by atoms with E-state index >= 15 is 0 Å². The molecule has 2 heterocycles. The minimum Gasteiger partial charge on any atom is -0.360 e. The molecule has 20 heavy (non-hydrogen) atoms. The molecule has 0 aromatic carbocycles. The van der Waals surface area contributed by atoms with Gasteiger partial charge in [-0.1, -0.05) is 18.5 Å². The fourth-order valence-electron chi connectivity index (χ4n) is 2.79. The van der Waals surface area contributed by atoms with E-state index in [9.17, 15) is 0 Å². The number of hydrogen-bond acceptors (Lipinski definition) is 4. The third-order valence-electron chi connectivity index (χ3n) is 3.85. The molecular weight excluding hydrogens is 250 g/mol. The van der Waals surface area contributed by atoms with E-state index in [1.54, 1.807) is 0 Å². The molecule has 4 nitrogen and oxygen atoms in total. The average molecular weight is 279 g/mol. The first-order valence-corrected chi connectivity index (χ1v) is 7.88. The van der Waals surface area contributed by atoms with Crippen molar-refractivity contribution in [1.82, 2.24) is 15.4 Å². The Morgan fingerprint density at radius 3 is 2.95 bits per heavy atom. The van der Waals surface area contributed by atoms with Crippen molar-refractivity contribution in [3.8, 4) is 0 Å². The summed E-state index contributed by atoms with van der Waals surface area (Å²) in [5.41, 5.74) is 1.11. The maximum absolute atomic E-state index is 5.46. The molecule has 1 aliphatic heterocycles. The Morgan fingerprint density at radius 1 is 1.45 bits per heavy atom. The Bertz CT molecular complexity index is 408. The van der Waals surface area contributed by atoms with E-state index in [-0.39, 0.29) is 5.54 Å². The summed E-state index contributed by atoms with van der Waals surface area (Å²) < 4.78 is 5.46. The molecule has 1 aliphatic rings. The van der Waals surface area contributed by atoms with Crippen LogP contribution in [0, 0.1) is 5.92 Å². The molecule has 1 saturated heterocycles. The second-order valence-electron chi connectivity index (χ2n) is 7.07. The lowest BCUT2D eigenvalue weighted by atomic mass is 10.0. The van der Waals surface area contributed by atoms with Gasteiger partial charge in [-0.2, -0.15) is 0 Å². The van der Waals surface area contributed by atoms with Crippen LogP contribution in [-0.4, -0.2) is 28.7 Å². The third-order valence-corrected chi connectivity index (χ3v) is 3.85. The minimum absolute atomic E-state index is 0.113. The Kier molecular flexibility index (Phi) is 5.22. The van der Waals surface area contributed by atoms with Crippen molar-refractivity contribution < 1.29 is 4.52 Å². The molecule has 0 spiro atoms. The number of nitrogens with one attached hydrogen (secondary N) is 1. The largest absolute Gasteiger partial charge is 0.360 e. The maximum atomic E-state index is 5.46. The molecule has 0 amide bonds. The molecule has 1 atom stereocenters. The lowest BCUT2D eigenvalue weighted by molar-refractivity contribution is 0.263. The summed E-state index contributed by atoms with van der Waals surface area (Å²) in [7, 11) is 0. The van der Waals surface area contributed by atoms with Gasteiger partial charge >= 0.3 is 0 Å². The van der Waals surface area contributed by atoms with E-state index in [1.807, 2.05) is 0 Å². The van der Waals surface area contributed by atoms with Gasteiger partial charge in [0.1, 0.15) is 0 Å². The highest BCUT2D eigenvalue weighted by Crippen LogP contribution is 2.22. The van der Waals surface area contributed by atoms with Gasteiger partial charge in [0.05, 0.1) is 12.2 Å². The van der Waals surface area contributed by atoms with Crippen LogP contribution in [0.3, 0.4) is 0 Å². The van der Waals surface area contributed by atoms with Crippen molar-refractivity contribution in [2.24, 2.45) is 5.92 Å². The first-order chi connectivity index (χ1) is 9.46. The van der Waals surface area contributed by atoms with Gasteiger partial charge in [0.15, 0.2) is 5.76 Å². The molecule has 0 saturated carbocycles. The highest BCUT2D eigenvalue weighted by molar-refractivity contribution is 5.06. The fraction of sp³-hybridized carbons (Fsp3) is 0.812. The number of aromatic nitrogens is 1. The summed E-state index contributed by atoms with van der Waals surface area (Å²) >= 11 is 0. The van der Waals surface area contributed by atoms with Gasteiger partial charge in [-0.05, 0) is 46.1 Å². The van der Waals surface area contributed by atoms with Gasteiger partial charge in [0.25, 0.3) is 0 Å². The number of hydrogen-bond donors (Lipinski definition) is 1. The molecule has 0 bridgehead atoms. The fourth-order valence-corrected chi connectivity index (χ4v) is 2.79. The van der Waals surface area contributed by atoms with Crippen LogP contribution in [0.25, 0.3) is 0 Å². The molecule has 1 aromatic heterocycles. The van der Waals surface area contributed by atoms with Crippen LogP contribution in [-0.2, 0) is 13.1 Å². The summed E-state index contributed by atoms with van der Waals surface area (Å²) in [5.74, 6) is 1.87. The van der Waals surface area contributed by atoms with Crippen LogP contribution in [0.15, 0.2) is 10.6 Å². The normalized spacial score (nSPS) is 20.7. The van der Waals surface area contributed by atoms with E-state index in [0.29, 0.717) is 0 Å². The first-order valence-electron chi connectivity index (χ1n) is 7.88. The van der Waals surface area contributed by atoms with Crippen LogP contribution >= 0.6 is 0 Å². The first kappa shape index (κ1) is 15.5. The third kappa shape index (κ3) is 4.91. The SMILES string of the molecule is CCCC1CCN(Cc2cc(CNC(C)(C)C)no2)C1. The zero-order valence-corrected chi connectivity index (χ0v) is 13.4. The van der Waals surface area contributed by atoms with Gasteiger partial charge in [0, 0.05) is 24.7 Å². The van der Waals surface area contributed by atoms with Crippen molar-refractivity contribution in [1.29, 1.82) is 0 Å². The smallest absolute Gasteiger partial charge is 0.151 e. The van der Waals surface area contributed by atoms with E-state index < -0.39 is 0 Å². The number of nitrogens with zero attached hydrogens (tertiary/aromatic N) is 2. The Labute approximate surface area is 122 Å². The lowest BCUT2D eigenvalue weighted by Crippen LogP contribution is -2.35. The van der Waals surface area contributed by atoms with Crippen molar-refractivity contribution in [3.63, 3.8) is 0 Å². The average Bonchev–Trinajstić information content (AvgIpc) is 2.97.